The molecule has 0 saturated carbocycles. The van der Waals surface area contributed by atoms with Crippen molar-refractivity contribution in [3.63, 3.8) is 0 Å². The highest BCUT2D eigenvalue weighted by atomic mass is 35.5. The Morgan fingerprint density at radius 2 is 1.51 bits per heavy atom. The number of carboxylic acid groups (broad SMARTS) is 1. The fourth-order valence-corrected chi connectivity index (χ4v) is 6.10. The molecule has 1 atom stereocenters. The van der Waals surface area contributed by atoms with Crippen LogP contribution in [-0.2, 0) is 14.8 Å². The van der Waals surface area contributed by atoms with Crippen LogP contribution in [0.4, 0.5) is 0 Å². The fraction of sp³-hybridized carbons (Fsp3) is 0.148. The van der Waals surface area contributed by atoms with Gasteiger partial charge in [0.2, 0.25) is 10.0 Å². The van der Waals surface area contributed by atoms with Gasteiger partial charge >= 0.3 is 5.97 Å². The van der Waals surface area contributed by atoms with Gasteiger partial charge in [-0.3, -0.25) is 9.78 Å². The molecule has 0 bridgehead atoms. The number of carbonyl (C=O) groups excluding carboxylic acids is 1. The van der Waals surface area contributed by atoms with E-state index in [9.17, 15) is 23.1 Å². The lowest BCUT2D eigenvalue weighted by Gasteiger charge is -2.38. The summed E-state index contributed by atoms with van der Waals surface area (Å²) < 4.78 is 27.9. The number of nitrogens with zero attached hydrogens (tertiary/aromatic N) is 3. The van der Waals surface area contributed by atoms with E-state index in [2.05, 4.69) is 4.98 Å². The minimum atomic E-state index is -3.99. The summed E-state index contributed by atoms with van der Waals surface area (Å²) in [5.41, 5.74) is 2.16. The molecule has 188 valence electrons. The normalized spacial score (nSPS) is 16.6. The second kappa shape index (κ2) is 9.93. The van der Waals surface area contributed by atoms with Gasteiger partial charge in [0.05, 0.1) is 4.90 Å². The van der Waals surface area contributed by atoms with Crippen LogP contribution in [0, 0.1) is 0 Å². The molecule has 1 amide bonds. The van der Waals surface area contributed by atoms with Crippen LogP contribution in [-0.4, -0.2) is 65.3 Å². The number of carboxylic acids is 1. The van der Waals surface area contributed by atoms with Gasteiger partial charge in [0.15, 0.2) is 0 Å². The monoisotopic (exact) mass is 535 g/mol. The molecule has 1 aliphatic heterocycles. The number of hydrogen-bond acceptors (Lipinski definition) is 5. The zero-order valence-corrected chi connectivity index (χ0v) is 21.1. The Hall–Kier alpha value is -3.79. The molecule has 8 nitrogen and oxygen atoms in total. The Morgan fingerprint density at radius 3 is 2.22 bits per heavy atom. The summed E-state index contributed by atoms with van der Waals surface area (Å²) in [5.74, 6) is -1.73. The topological polar surface area (TPSA) is 108 Å². The van der Waals surface area contributed by atoms with E-state index in [1.807, 2.05) is 12.1 Å². The third-order valence-corrected chi connectivity index (χ3v) is 8.54. The standard InChI is InChI=1S/C27H22ClN3O5S/c28-23-7-5-22-16-24(8-6-21(22)15-23)37(35,36)30-13-14-31(25(17-30)27(33)34)26(32)20-3-1-18(2-4-20)19-9-11-29-12-10-19/h1-12,15-16,25H,13-14,17H2,(H,33,34). The third-order valence-electron chi connectivity index (χ3n) is 6.45. The first kappa shape index (κ1) is 24.9. The van der Waals surface area contributed by atoms with Crippen molar-refractivity contribution in [2.45, 2.75) is 10.9 Å². The quantitative estimate of drug-likeness (QED) is 0.411. The molecule has 1 N–H and O–H groups in total. The summed E-state index contributed by atoms with van der Waals surface area (Å²) >= 11 is 6.02. The van der Waals surface area contributed by atoms with E-state index in [1.165, 1.54) is 11.0 Å². The molecular formula is C27H22ClN3O5S. The molecule has 0 radical (unpaired) electrons. The summed E-state index contributed by atoms with van der Waals surface area (Å²) in [6.07, 6.45) is 3.35. The van der Waals surface area contributed by atoms with Gasteiger partial charge in [0, 0.05) is 42.6 Å². The predicted molar refractivity (Wildman–Crippen MR) is 140 cm³/mol. The number of carbonyl (C=O) groups is 2. The molecule has 1 saturated heterocycles. The number of pyridine rings is 1. The smallest absolute Gasteiger partial charge is 0.327 e. The molecule has 5 rings (SSSR count). The number of benzene rings is 3. The number of amides is 1. The number of fused-ring (bicyclic) bond motifs is 1. The Morgan fingerprint density at radius 1 is 0.865 bits per heavy atom. The summed E-state index contributed by atoms with van der Waals surface area (Å²) in [6, 6.07) is 19.0. The van der Waals surface area contributed by atoms with Crippen LogP contribution in [0.1, 0.15) is 10.4 Å². The second-order valence-corrected chi connectivity index (χ2v) is 11.1. The molecule has 1 aromatic heterocycles. The number of rotatable bonds is 5. The zero-order chi connectivity index (χ0) is 26.2. The maximum atomic E-state index is 13.4. The predicted octanol–water partition coefficient (Wildman–Crippen LogP) is 4.16. The number of piperazine rings is 1. The van der Waals surface area contributed by atoms with Gasteiger partial charge in [0.1, 0.15) is 6.04 Å². The molecule has 1 fully saturated rings. The second-order valence-electron chi connectivity index (χ2n) is 8.68. The molecule has 1 unspecified atom stereocenters. The van der Waals surface area contributed by atoms with Crippen LogP contribution < -0.4 is 0 Å². The van der Waals surface area contributed by atoms with E-state index in [0.29, 0.717) is 16.0 Å². The minimum absolute atomic E-state index is 0.0222. The molecule has 37 heavy (non-hydrogen) atoms. The number of sulfonamides is 1. The van der Waals surface area contributed by atoms with Crippen LogP contribution in [0.25, 0.3) is 21.9 Å². The lowest BCUT2D eigenvalue weighted by atomic mass is 10.0. The molecule has 10 heteroatoms. The average molecular weight is 536 g/mol. The number of hydrogen-bond donors (Lipinski definition) is 1. The van der Waals surface area contributed by atoms with Crippen molar-refractivity contribution < 1.29 is 23.1 Å². The van der Waals surface area contributed by atoms with Crippen molar-refractivity contribution in [1.29, 1.82) is 0 Å². The Bertz CT molecular complexity index is 1590. The summed E-state index contributed by atoms with van der Waals surface area (Å²) in [5, 5.41) is 11.9. The zero-order valence-electron chi connectivity index (χ0n) is 19.5. The van der Waals surface area contributed by atoms with Gasteiger partial charge in [-0.1, -0.05) is 35.9 Å². The SMILES string of the molecule is O=C(O)C1CN(S(=O)(=O)c2ccc3cc(Cl)ccc3c2)CCN1C(=O)c1ccc(-c2ccncc2)cc1. The maximum Gasteiger partial charge on any atom is 0.327 e. The summed E-state index contributed by atoms with van der Waals surface area (Å²) in [6.45, 7) is -0.424. The van der Waals surface area contributed by atoms with E-state index in [-0.39, 0.29) is 24.5 Å². The van der Waals surface area contributed by atoms with Gasteiger partial charge in [0.25, 0.3) is 5.91 Å². The average Bonchev–Trinajstić information content (AvgIpc) is 2.92. The summed E-state index contributed by atoms with van der Waals surface area (Å²) in [4.78, 5) is 30.6. The first-order valence-electron chi connectivity index (χ1n) is 11.5. The van der Waals surface area contributed by atoms with Crippen molar-refractivity contribution in [3.8, 4) is 11.1 Å². The van der Waals surface area contributed by atoms with Crippen LogP contribution >= 0.6 is 11.6 Å². The van der Waals surface area contributed by atoms with E-state index in [0.717, 1.165) is 20.8 Å². The molecule has 2 heterocycles. The number of aromatic nitrogens is 1. The highest BCUT2D eigenvalue weighted by molar-refractivity contribution is 7.89. The van der Waals surface area contributed by atoms with Crippen LogP contribution in [0.2, 0.25) is 5.02 Å². The highest BCUT2D eigenvalue weighted by Crippen LogP contribution is 2.27. The number of aliphatic carboxylic acids is 1. The van der Waals surface area contributed by atoms with Gasteiger partial charge in [-0.05, 0) is 70.4 Å². The summed E-state index contributed by atoms with van der Waals surface area (Å²) in [7, 11) is -3.99. The Kier molecular flexibility index (Phi) is 6.68. The largest absolute Gasteiger partial charge is 0.480 e. The van der Waals surface area contributed by atoms with Crippen LogP contribution in [0.5, 0.6) is 0 Å². The van der Waals surface area contributed by atoms with Crippen molar-refractivity contribution >= 4 is 44.3 Å². The maximum absolute atomic E-state index is 13.4. The molecule has 0 spiro atoms. The van der Waals surface area contributed by atoms with E-state index < -0.39 is 27.9 Å². The van der Waals surface area contributed by atoms with Crippen molar-refractivity contribution in [2.24, 2.45) is 0 Å². The molecular weight excluding hydrogens is 514 g/mol. The van der Waals surface area contributed by atoms with Crippen molar-refractivity contribution in [2.75, 3.05) is 19.6 Å². The van der Waals surface area contributed by atoms with Gasteiger partial charge in [-0.15, -0.1) is 0 Å². The molecule has 1 aliphatic rings. The van der Waals surface area contributed by atoms with Gasteiger partial charge in [-0.2, -0.15) is 4.31 Å². The first-order chi connectivity index (χ1) is 17.7. The Balaban J connectivity index is 1.36. The molecule has 3 aromatic carbocycles. The Labute approximate surface area is 218 Å². The van der Waals surface area contributed by atoms with Crippen molar-refractivity contribution in [1.82, 2.24) is 14.2 Å². The van der Waals surface area contributed by atoms with E-state index in [1.54, 1.807) is 67.0 Å². The van der Waals surface area contributed by atoms with E-state index >= 15 is 0 Å². The van der Waals surface area contributed by atoms with Crippen LogP contribution in [0.15, 0.2) is 90.1 Å². The first-order valence-corrected chi connectivity index (χ1v) is 13.3. The van der Waals surface area contributed by atoms with Crippen molar-refractivity contribution in [3.05, 3.63) is 95.8 Å². The van der Waals surface area contributed by atoms with Gasteiger partial charge < -0.3 is 10.0 Å². The minimum Gasteiger partial charge on any atom is -0.480 e. The van der Waals surface area contributed by atoms with Gasteiger partial charge in [-0.25, -0.2) is 13.2 Å². The van der Waals surface area contributed by atoms with Crippen LogP contribution in [0.3, 0.4) is 0 Å². The molecule has 0 aliphatic carbocycles. The molecule has 4 aromatic rings. The number of halogens is 1. The third kappa shape index (κ3) is 4.93. The lowest BCUT2D eigenvalue weighted by molar-refractivity contribution is -0.143. The highest BCUT2D eigenvalue weighted by Gasteiger charge is 2.40. The fourth-order valence-electron chi connectivity index (χ4n) is 4.45. The lowest BCUT2D eigenvalue weighted by Crippen LogP contribution is -2.59. The van der Waals surface area contributed by atoms with E-state index in [4.69, 9.17) is 11.6 Å².